The number of benzene rings is 1. The zero-order valence-corrected chi connectivity index (χ0v) is 11.2. The average Bonchev–Trinajstić information content (AvgIpc) is 3.28. The second-order valence-corrected chi connectivity index (χ2v) is 5.34. The lowest BCUT2D eigenvalue weighted by Gasteiger charge is -2.15. The molecule has 0 unspecified atom stereocenters. The standard InChI is InChI=1S/C15H21NO2/c1-17-14-7-11(9-16-12-5-6-12)13(10-3-4-10)8-15(14)18-2/h7-8,10,12,16H,3-6,9H2,1-2H3. The van der Waals surface area contributed by atoms with Gasteiger partial charge in [0.2, 0.25) is 0 Å². The van der Waals surface area contributed by atoms with Gasteiger partial charge in [0, 0.05) is 12.6 Å². The van der Waals surface area contributed by atoms with Gasteiger partial charge in [0.05, 0.1) is 14.2 Å². The fraction of sp³-hybridized carbons (Fsp3) is 0.600. The van der Waals surface area contributed by atoms with E-state index in [1.807, 2.05) is 0 Å². The molecule has 0 aromatic heterocycles. The van der Waals surface area contributed by atoms with E-state index in [4.69, 9.17) is 9.47 Å². The Balaban J connectivity index is 1.87. The van der Waals surface area contributed by atoms with Crippen LogP contribution in [0.5, 0.6) is 11.5 Å². The van der Waals surface area contributed by atoms with Crippen molar-refractivity contribution in [3.8, 4) is 11.5 Å². The molecular weight excluding hydrogens is 226 g/mol. The highest BCUT2D eigenvalue weighted by molar-refractivity contribution is 5.49. The third kappa shape index (κ3) is 2.46. The molecule has 0 amide bonds. The summed E-state index contributed by atoms with van der Waals surface area (Å²) in [7, 11) is 3.41. The Hall–Kier alpha value is -1.22. The van der Waals surface area contributed by atoms with Crippen LogP contribution in [-0.4, -0.2) is 20.3 Å². The smallest absolute Gasteiger partial charge is 0.161 e. The Morgan fingerprint density at radius 2 is 1.72 bits per heavy atom. The maximum Gasteiger partial charge on any atom is 0.161 e. The summed E-state index contributed by atoms with van der Waals surface area (Å²) >= 11 is 0. The van der Waals surface area contributed by atoms with E-state index in [9.17, 15) is 0 Å². The largest absolute Gasteiger partial charge is 0.493 e. The van der Waals surface area contributed by atoms with Crippen LogP contribution in [0.1, 0.15) is 42.7 Å². The van der Waals surface area contributed by atoms with Crippen LogP contribution < -0.4 is 14.8 Å². The minimum atomic E-state index is 0.737. The first-order valence-electron chi connectivity index (χ1n) is 6.80. The monoisotopic (exact) mass is 247 g/mol. The molecule has 0 aliphatic heterocycles. The third-order valence-corrected chi connectivity index (χ3v) is 3.82. The van der Waals surface area contributed by atoms with Gasteiger partial charge >= 0.3 is 0 Å². The second-order valence-electron chi connectivity index (χ2n) is 5.34. The fourth-order valence-electron chi connectivity index (χ4n) is 2.41. The lowest BCUT2D eigenvalue weighted by Crippen LogP contribution is -2.16. The number of rotatable bonds is 6. The maximum absolute atomic E-state index is 5.40. The predicted octanol–water partition coefficient (Wildman–Crippen LogP) is 2.83. The van der Waals surface area contributed by atoms with E-state index in [2.05, 4.69) is 17.4 Å². The molecule has 0 radical (unpaired) electrons. The Morgan fingerprint density at radius 3 is 2.28 bits per heavy atom. The van der Waals surface area contributed by atoms with E-state index in [0.29, 0.717) is 0 Å². The summed E-state index contributed by atoms with van der Waals surface area (Å²) < 4.78 is 10.8. The van der Waals surface area contributed by atoms with Crippen LogP contribution in [0, 0.1) is 0 Å². The second kappa shape index (κ2) is 4.81. The van der Waals surface area contributed by atoms with E-state index >= 15 is 0 Å². The summed E-state index contributed by atoms with van der Waals surface area (Å²) in [6.45, 7) is 0.955. The van der Waals surface area contributed by atoms with Gasteiger partial charge in [0.1, 0.15) is 0 Å². The summed E-state index contributed by atoms with van der Waals surface area (Å²) in [6.07, 6.45) is 5.27. The van der Waals surface area contributed by atoms with E-state index in [0.717, 1.165) is 30.0 Å². The van der Waals surface area contributed by atoms with Gasteiger partial charge in [-0.05, 0) is 54.9 Å². The molecule has 0 atom stereocenters. The molecule has 1 N–H and O–H groups in total. The number of ether oxygens (including phenoxy) is 2. The zero-order valence-electron chi connectivity index (χ0n) is 11.2. The molecule has 0 heterocycles. The summed E-state index contributed by atoms with van der Waals surface area (Å²) in [5.41, 5.74) is 2.82. The van der Waals surface area contributed by atoms with Crippen molar-refractivity contribution in [2.24, 2.45) is 0 Å². The molecule has 98 valence electrons. The molecule has 1 aromatic carbocycles. The Kier molecular flexibility index (Phi) is 3.16. The third-order valence-electron chi connectivity index (χ3n) is 3.82. The highest BCUT2D eigenvalue weighted by Gasteiger charge is 2.28. The molecule has 0 spiro atoms. The molecule has 3 nitrogen and oxygen atoms in total. The molecule has 0 saturated heterocycles. The van der Waals surface area contributed by atoms with Gasteiger partial charge in [0.25, 0.3) is 0 Å². The van der Waals surface area contributed by atoms with Crippen molar-refractivity contribution in [3.63, 3.8) is 0 Å². The molecular formula is C15H21NO2. The summed E-state index contributed by atoms with van der Waals surface area (Å²) in [4.78, 5) is 0. The Labute approximate surface area is 108 Å². The van der Waals surface area contributed by atoms with Crippen LogP contribution in [0.15, 0.2) is 12.1 Å². The highest BCUT2D eigenvalue weighted by Crippen LogP contribution is 2.45. The highest BCUT2D eigenvalue weighted by atomic mass is 16.5. The van der Waals surface area contributed by atoms with Crippen molar-refractivity contribution < 1.29 is 9.47 Å². The van der Waals surface area contributed by atoms with E-state index in [-0.39, 0.29) is 0 Å². The Morgan fingerprint density at radius 1 is 1.06 bits per heavy atom. The predicted molar refractivity (Wildman–Crippen MR) is 71.4 cm³/mol. The van der Waals surface area contributed by atoms with Crippen molar-refractivity contribution in [1.82, 2.24) is 5.32 Å². The van der Waals surface area contributed by atoms with Crippen LogP contribution in [-0.2, 0) is 6.54 Å². The van der Waals surface area contributed by atoms with Gasteiger partial charge in [-0.3, -0.25) is 0 Å². The molecule has 2 aliphatic rings. The number of nitrogens with one attached hydrogen (secondary N) is 1. The molecule has 18 heavy (non-hydrogen) atoms. The minimum absolute atomic E-state index is 0.737. The van der Waals surface area contributed by atoms with E-state index < -0.39 is 0 Å². The SMILES string of the molecule is COc1cc(CNC2CC2)c(C2CC2)cc1OC. The quantitative estimate of drug-likeness (QED) is 0.838. The topological polar surface area (TPSA) is 30.5 Å². The van der Waals surface area contributed by atoms with Crippen LogP contribution in [0.25, 0.3) is 0 Å². The molecule has 2 aliphatic carbocycles. The summed E-state index contributed by atoms with van der Waals surface area (Å²) in [5, 5.41) is 3.59. The summed E-state index contributed by atoms with van der Waals surface area (Å²) in [6, 6.07) is 5.05. The molecule has 0 bridgehead atoms. The van der Waals surface area contributed by atoms with Gasteiger partial charge in [0.15, 0.2) is 11.5 Å². The van der Waals surface area contributed by atoms with Crippen molar-refractivity contribution in [2.75, 3.05) is 14.2 Å². The van der Waals surface area contributed by atoms with Gasteiger partial charge in [-0.2, -0.15) is 0 Å². The first-order valence-corrected chi connectivity index (χ1v) is 6.80. The summed E-state index contributed by atoms with van der Waals surface area (Å²) in [5.74, 6) is 2.44. The molecule has 2 fully saturated rings. The van der Waals surface area contributed by atoms with Crippen molar-refractivity contribution in [1.29, 1.82) is 0 Å². The van der Waals surface area contributed by atoms with Crippen molar-refractivity contribution in [3.05, 3.63) is 23.3 Å². The van der Waals surface area contributed by atoms with Gasteiger partial charge < -0.3 is 14.8 Å². The first kappa shape index (κ1) is 11.8. The molecule has 1 aromatic rings. The lowest BCUT2D eigenvalue weighted by atomic mass is 10.0. The fourth-order valence-corrected chi connectivity index (χ4v) is 2.41. The van der Waals surface area contributed by atoms with E-state index in [1.165, 1.54) is 36.8 Å². The lowest BCUT2D eigenvalue weighted by molar-refractivity contribution is 0.354. The van der Waals surface area contributed by atoms with Crippen molar-refractivity contribution >= 4 is 0 Å². The van der Waals surface area contributed by atoms with Crippen LogP contribution >= 0.6 is 0 Å². The van der Waals surface area contributed by atoms with Gasteiger partial charge in [-0.25, -0.2) is 0 Å². The van der Waals surface area contributed by atoms with Crippen LogP contribution in [0.2, 0.25) is 0 Å². The molecule has 3 rings (SSSR count). The van der Waals surface area contributed by atoms with Crippen LogP contribution in [0.4, 0.5) is 0 Å². The first-order chi connectivity index (χ1) is 8.81. The average molecular weight is 247 g/mol. The number of hydrogen-bond donors (Lipinski definition) is 1. The normalized spacial score (nSPS) is 18.8. The van der Waals surface area contributed by atoms with Crippen molar-refractivity contribution in [2.45, 2.75) is 44.2 Å². The number of hydrogen-bond acceptors (Lipinski definition) is 3. The van der Waals surface area contributed by atoms with Gasteiger partial charge in [-0.1, -0.05) is 0 Å². The zero-order chi connectivity index (χ0) is 12.5. The number of methoxy groups -OCH3 is 2. The van der Waals surface area contributed by atoms with E-state index in [1.54, 1.807) is 14.2 Å². The van der Waals surface area contributed by atoms with Crippen LogP contribution in [0.3, 0.4) is 0 Å². The minimum Gasteiger partial charge on any atom is -0.493 e. The molecule has 2 saturated carbocycles. The maximum atomic E-state index is 5.40. The molecule has 3 heteroatoms. The Bertz CT molecular complexity index is 436. The van der Waals surface area contributed by atoms with Gasteiger partial charge in [-0.15, -0.1) is 0 Å².